The number of methoxy groups -OCH3 is 1. The Balaban J connectivity index is 1.75. The summed E-state index contributed by atoms with van der Waals surface area (Å²) < 4.78 is 7.44. The summed E-state index contributed by atoms with van der Waals surface area (Å²) in [5.74, 6) is 1.33. The number of benzene rings is 1. The number of nitrogens with one attached hydrogen (secondary N) is 1. The topological polar surface area (TPSA) is 101 Å². The molecule has 0 unspecified atom stereocenters. The number of aromatic nitrogens is 4. The molecule has 0 atom stereocenters. The van der Waals surface area contributed by atoms with Crippen molar-refractivity contribution in [2.75, 3.05) is 7.11 Å². The van der Waals surface area contributed by atoms with Gasteiger partial charge in [-0.25, -0.2) is 9.97 Å². The Morgan fingerprint density at radius 3 is 2.88 bits per heavy atom. The van der Waals surface area contributed by atoms with E-state index in [1.807, 2.05) is 19.2 Å². The zero-order valence-corrected chi connectivity index (χ0v) is 15.1. The minimum atomic E-state index is 0.0661. The predicted molar refractivity (Wildman–Crippen MR) is 97.3 cm³/mol. The van der Waals surface area contributed by atoms with Crippen molar-refractivity contribution in [1.29, 1.82) is 0 Å². The lowest BCUT2D eigenvalue weighted by atomic mass is 10.2. The minimum Gasteiger partial charge on any atom is -0.503 e. The average Bonchev–Trinajstić information content (AvgIpc) is 3.22. The Kier molecular flexibility index (Phi) is 4.94. The number of azo groups is 1. The van der Waals surface area contributed by atoms with Gasteiger partial charge in [-0.3, -0.25) is 0 Å². The monoisotopic (exact) mass is 402 g/mol. The number of aromatic amines is 1. The van der Waals surface area contributed by atoms with Crippen molar-refractivity contribution in [2.24, 2.45) is 17.3 Å². The lowest BCUT2D eigenvalue weighted by Crippen LogP contribution is -1.85. The minimum absolute atomic E-state index is 0.0661. The molecule has 0 bridgehead atoms. The van der Waals surface area contributed by atoms with Gasteiger partial charge in [0.15, 0.2) is 11.5 Å². The lowest BCUT2D eigenvalue weighted by molar-refractivity contribution is 0.372. The molecule has 0 aliphatic heterocycles. The van der Waals surface area contributed by atoms with Gasteiger partial charge in [0.05, 0.1) is 17.3 Å². The third kappa shape index (κ3) is 3.94. The number of imidazole rings is 2. The van der Waals surface area contributed by atoms with E-state index < -0.39 is 0 Å². The quantitative estimate of drug-likeness (QED) is 0.624. The van der Waals surface area contributed by atoms with Gasteiger partial charge < -0.3 is 19.4 Å². The van der Waals surface area contributed by atoms with Gasteiger partial charge in [-0.05, 0) is 39.7 Å². The van der Waals surface area contributed by atoms with E-state index in [-0.39, 0.29) is 5.75 Å². The number of hydrogen-bond acceptors (Lipinski definition) is 6. The lowest BCUT2D eigenvalue weighted by Gasteiger charge is -2.06. The number of rotatable bonds is 5. The van der Waals surface area contributed by atoms with Gasteiger partial charge in [0.1, 0.15) is 0 Å². The molecule has 3 rings (SSSR count). The number of H-pyrrole nitrogens is 1. The van der Waals surface area contributed by atoms with Crippen molar-refractivity contribution in [3.63, 3.8) is 0 Å². The van der Waals surface area contributed by atoms with Crippen LogP contribution in [0.3, 0.4) is 0 Å². The maximum atomic E-state index is 9.82. The highest BCUT2D eigenvalue weighted by atomic mass is 79.9. The third-order valence-electron chi connectivity index (χ3n) is 3.33. The highest BCUT2D eigenvalue weighted by molar-refractivity contribution is 9.10. The van der Waals surface area contributed by atoms with E-state index in [1.54, 1.807) is 35.3 Å². The maximum absolute atomic E-state index is 9.82. The zero-order chi connectivity index (χ0) is 17.8. The molecule has 0 aliphatic rings. The Morgan fingerprint density at radius 1 is 1.32 bits per heavy atom. The molecule has 0 fully saturated rings. The van der Waals surface area contributed by atoms with Crippen molar-refractivity contribution in [2.45, 2.75) is 0 Å². The van der Waals surface area contributed by atoms with Gasteiger partial charge in [-0.1, -0.05) is 6.08 Å². The third-order valence-corrected chi connectivity index (χ3v) is 3.94. The number of halogens is 1. The normalized spacial score (nSPS) is 11.6. The summed E-state index contributed by atoms with van der Waals surface area (Å²) in [7, 11) is 3.34. The summed E-state index contributed by atoms with van der Waals surface area (Å²) in [6, 6.07) is 3.51. The molecule has 1 aromatic carbocycles. The standard InChI is InChI=1S/C16H15BrN6O2/c1-23-6-5-18-16(23)22-21-15-19-9-11(20-15)4-3-10-7-12(17)14(24)13(8-10)25-2/h3-9,24H,1-2H3,(H,19,20)/b4-3+,22-21+. The summed E-state index contributed by atoms with van der Waals surface area (Å²) >= 11 is 3.29. The molecule has 0 amide bonds. The fourth-order valence-electron chi connectivity index (χ4n) is 2.04. The highest BCUT2D eigenvalue weighted by Gasteiger charge is 2.07. The Hall–Kier alpha value is -2.94. The first-order valence-corrected chi connectivity index (χ1v) is 8.05. The van der Waals surface area contributed by atoms with E-state index in [9.17, 15) is 5.11 Å². The van der Waals surface area contributed by atoms with Crippen LogP contribution in [-0.4, -0.2) is 31.7 Å². The van der Waals surface area contributed by atoms with Gasteiger partial charge in [-0.2, -0.15) is 0 Å². The van der Waals surface area contributed by atoms with Gasteiger partial charge >= 0.3 is 0 Å². The van der Waals surface area contributed by atoms with E-state index >= 15 is 0 Å². The molecule has 2 aromatic heterocycles. The van der Waals surface area contributed by atoms with E-state index in [4.69, 9.17) is 4.74 Å². The van der Waals surface area contributed by atoms with Crippen LogP contribution in [0.2, 0.25) is 0 Å². The molecule has 2 N–H and O–H groups in total. The summed E-state index contributed by atoms with van der Waals surface area (Å²) in [5, 5.41) is 17.9. The Labute approximate surface area is 152 Å². The summed E-state index contributed by atoms with van der Waals surface area (Å²) in [6.45, 7) is 0. The SMILES string of the molecule is COc1cc(/C=C/c2c[nH]c(/N=N/c3nccn3C)n2)cc(Br)c1O. The maximum Gasteiger partial charge on any atom is 0.249 e. The van der Waals surface area contributed by atoms with Gasteiger partial charge in [0.25, 0.3) is 0 Å². The number of nitrogens with zero attached hydrogens (tertiary/aromatic N) is 5. The number of phenolic OH excluding ortho intramolecular Hbond substituents is 1. The van der Waals surface area contributed by atoms with Crippen LogP contribution in [0, 0.1) is 0 Å². The fraction of sp³-hybridized carbons (Fsp3) is 0.125. The number of aromatic hydroxyl groups is 1. The second-order valence-electron chi connectivity index (χ2n) is 5.07. The van der Waals surface area contributed by atoms with Crippen LogP contribution < -0.4 is 4.74 Å². The molecule has 0 spiro atoms. The van der Waals surface area contributed by atoms with Gasteiger partial charge in [-0.15, -0.1) is 10.2 Å². The fourth-order valence-corrected chi connectivity index (χ4v) is 2.50. The molecule has 0 radical (unpaired) electrons. The summed E-state index contributed by atoms with van der Waals surface area (Å²) in [4.78, 5) is 11.3. The number of hydrogen-bond donors (Lipinski definition) is 2. The van der Waals surface area contributed by atoms with Gasteiger partial charge in [0, 0.05) is 25.6 Å². The first-order chi connectivity index (χ1) is 12.1. The van der Waals surface area contributed by atoms with Crippen molar-refractivity contribution in [3.8, 4) is 11.5 Å². The van der Waals surface area contributed by atoms with Crippen LogP contribution >= 0.6 is 15.9 Å². The molecule has 128 valence electrons. The van der Waals surface area contributed by atoms with Crippen LogP contribution in [0.15, 0.2) is 45.4 Å². The summed E-state index contributed by atoms with van der Waals surface area (Å²) in [6.07, 6.45) is 8.82. The van der Waals surface area contributed by atoms with E-state index in [0.717, 1.165) is 5.56 Å². The number of aryl methyl sites for hydroxylation is 1. The molecule has 3 aromatic rings. The summed E-state index contributed by atoms with van der Waals surface area (Å²) in [5.41, 5.74) is 1.54. The van der Waals surface area contributed by atoms with E-state index in [1.165, 1.54) is 7.11 Å². The van der Waals surface area contributed by atoms with Crippen LogP contribution in [0.1, 0.15) is 11.3 Å². The predicted octanol–water partition coefficient (Wildman–Crippen LogP) is 4.21. The molecule has 2 heterocycles. The van der Waals surface area contributed by atoms with Crippen molar-refractivity contribution in [1.82, 2.24) is 19.5 Å². The Morgan fingerprint density at radius 2 is 2.16 bits per heavy atom. The molecule has 9 heteroatoms. The first kappa shape index (κ1) is 16.9. The molecule has 8 nitrogen and oxygen atoms in total. The highest BCUT2D eigenvalue weighted by Crippen LogP contribution is 2.35. The molecular formula is C16H15BrN6O2. The average molecular weight is 403 g/mol. The van der Waals surface area contributed by atoms with Crippen molar-refractivity contribution < 1.29 is 9.84 Å². The molecule has 0 saturated carbocycles. The molecular weight excluding hydrogens is 388 g/mol. The molecule has 0 aliphatic carbocycles. The molecule has 25 heavy (non-hydrogen) atoms. The van der Waals surface area contributed by atoms with Crippen LogP contribution in [0.4, 0.5) is 11.9 Å². The Bertz CT molecular complexity index is 944. The zero-order valence-electron chi connectivity index (χ0n) is 13.5. The molecule has 0 saturated heterocycles. The smallest absolute Gasteiger partial charge is 0.249 e. The largest absolute Gasteiger partial charge is 0.503 e. The van der Waals surface area contributed by atoms with E-state index in [2.05, 4.69) is 41.1 Å². The van der Waals surface area contributed by atoms with E-state index in [0.29, 0.717) is 27.8 Å². The second-order valence-corrected chi connectivity index (χ2v) is 5.93. The van der Waals surface area contributed by atoms with Crippen molar-refractivity contribution >= 4 is 40.0 Å². The van der Waals surface area contributed by atoms with Crippen LogP contribution in [0.25, 0.3) is 12.2 Å². The second kappa shape index (κ2) is 7.31. The number of phenols is 1. The first-order valence-electron chi connectivity index (χ1n) is 7.26. The van der Waals surface area contributed by atoms with Crippen molar-refractivity contribution in [3.05, 3.63) is 46.5 Å². The van der Waals surface area contributed by atoms with Crippen LogP contribution in [0.5, 0.6) is 11.5 Å². The van der Waals surface area contributed by atoms with Crippen LogP contribution in [-0.2, 0) is 7.05 Å². The number of ether oxygens (including phenoxy) is 1. The van der Waals surface area contributed by atoms with Gasteiger partial charge in [0.2, 0.25) is 11.9 Å².